The van der Waals surface area contributed by atoms with Gasteiger partial charge in [0.2, 0.25) is 5.95 Å². The second-order valence-electron chi connectivity index (χ2n) is 7.54. The molecule has 150 valence electrons. The fourth-order valence-corrected chi connectivity index (χ4v) is 5.13. The predicted octanol–water partition coefficient (Wildman–Crippen LogP) is 4.50. The number of hydrogen-bond donors (Lipinski definition) is 1. The van der Waals surface area contributed by atoms with Gasteiger partial charge in [-0.3, -0.25) is 14.8 Å². The van der Waals surface area contributed by atoms with Crippen LogP contribution in [0.4, 0.5) is 19.1 Å². The third-order valence-electron chi connectivity index (χ3n) is 5.80. The zero-order valence-electron chi connectivity index (χ0n) is 15.3. The molecule has 3 heterocycles. The monoisotopic (exact) mass is 410 g/mol. The smallest absolute Gasteiger partial charge is 0.342 e. The number of H-pyrrole nitrogens is 1. The van der Waals surface area contributed by atoms with E-state index < -0.39 is 17.4 Å². The molecule has 1 spiro atoms. The Labute approximate surface area is 164 Å². The van der Waals surface area contributed by atoms with Crippen molar-refractivity contribution in [2.24, 2.45) is 5.41 Å². The SMILES string of the molecule is O=c1[nH]c(N2CCC3(CCCC3)CC2)ncc1Sc1cccnc1C(F)(F)F. The van der Waals surface area contributed by atoms with Crippen LogP contribution in [-0.4, -0.2) is 28.0 Å². The van der Waals surface area contributed by atoms with E-state index in [1.54, 1.807) is 0 Å². The van der Waals surface area contributed by atoms with E-state index in [4.69, 9.17) is 0 Å². The van der Waals surface area contributed by atoms with Crippen LogP contribution in [0.1, 0.15) is 44.2 Å². The summed E-state index contributed by atoms with van der Waals surface area (Å²) < 4.78 is 39.3. The highest BCUT2D eigenvalue weighted by molar-refractivity contribution is 7.99. The zero-order chi connectivity index (χ0) is 19.8. The second-order valence-corrected chi connectivity index (χ2v) is 8.63. The van der Waals surface area contributed by atoms with Crippen LogP contribution in [-0.2, 0) is 6.18 Å². The molecule has 1 saturated carbocycles. The van der Waals surface area contributed by atoms with E-state index in [1.807, 2.05) is 0 Å². The van der Waals surface area contributed by atoms with Crippen LogP contribution in [0.2, 0.25) is 0 Å². The molecule has 5 nitrogen and oxygen atoms in total. The maximum Gasteiger partial charge on any atom is 0.434 e. The molecule has 0 atom stereocenters. The van der Waals surface area contributed by atoms with Gasteiger partial charge in [0.15, 0.2) is 5.69 Å². The molecule has 0 radical (unpaired) electrons. The largest absolute Gasteiger partial charge is 0.434 e. The fraction of sp³-hybridized carbons (Fsp3) is 0.526. The first-order chi connectivity index (χ1) is 13.4. The Morgan fingerprint density at radius 3 is 2.43 bits per heavy atom. The van der Waals surface area contributed by atoms with Crippen LogP contribution < -0.4 is 10.5 Å². The number of piperidine rings is 1. The lowest BCUT2D eigenvalue weighted by Crippen LogP contribution is -2.40. The van der Waals surface area contributed by atoms with Crippen molar-refractivity contribution in [3.63, 3.8) is 0 Å². The molecule has 0 bridgehead atoms. The molecule has 1 aliphatic heterocycles. The number of aromatic amines is 1. The molecule has 1 N–H and O–H groups in total. The van der Waals surface area contributed by atoms with E-state index in [0.717, 1.165) is 43.9 Å². The van der Waals surface area contributed by atoms with Crippen LogP contribution in [0.15, 0.2) is 39.1 Å². The van der Waals surface area contributed by atoms with E-state index in [0.29, 0.717) is 11.4 Å². The van der Waals surface area contributed by atoms with Gasteiger partial charge in [-0.05, 0) is 43.2 Å². The van der Waals surface area contributed by atoms with Gasteiger partial charge in [-0.25, -0.2) is 4.98 Å². The van der Waals surface area contributed by atoms with Gasteiger partial charge in [0, 0.05) is 24.2 Å². The van der Waals surface area contributed by atoms with Crippen LogP contribution in [0.5, 0.6) is 0 Å². The van der Waals surface area contributed by atoms with Crippen LogP contribution >= 0.6 is 11.8 Å². The first-order valence-corrected chi connectivity index (χ1v) is 10.2. The Morgan fingerprint density at radius 2 is 1.79 bits per heavy atom. The van der Waals surface area contributed by atoms with Gasteiger partial charge in [-0.1, -0.05) is 24.6 Å². The third-order valence-corrected chi connectivity index (χ3v) is 6.86. The van der Waals surface area contributed by atoms with E-state index in [-0.39, 0.29) is 9.79 Å². The summed E-state index contributed by atoms with van der Waals surface area (Å²) in [5, 5.41) is 0. The van der Waals surface area contributed by atoms with E-state index in [1.165, 1.54) is 44.0 Å². The highest BCUT2D eigenvalue weighted by atomic mass is 32.2. The van der Waals surface area contributed by atoms with Crippen LogP contribution in [0, 0.1) is 5.41 Å². The van der Waals surface area contributed by atoms with Crippen molar-refractivity contribution in [1.29, 1.82) is 0 Å². The molecular formula is C19H21F3N4OS. The summed E-state index contributed by atoms with van der Waals surface area (Å²) in [5.74, 6) is 0.490. The average Bonchev–Trinajstić information content (AvgIpc) is 3.12. The Bertz CT molecular complexity index is 899. The van der Waals surface area contributed by atoms with Crippen molar-refractivity contribution in [2.45, 2.75) is 54.5 Å². The molecule has 4 rings (SSSR count). The lowest BCUT2D eigenvalue weighted by molar-refractivity contribution is -0.143. The molecule has 2 fully saturated rings. The minimum atomic E-state index is -4.58. The summed E-state index contributed by atoms with van der Waals surface area (Å²) >= 11 is 0.731. The molecule has 0 amide bonds. The lowest BCUT2D eigenvalue weighted by atomic mass is 9.77. The minimum absolute atomic E-state index is 0.115. The summed E-state index contributed by atoms with van der Waals surface area (Å²) in [6.45, 7) is 1.69. The third kappa shape index (κ3) is 3.90. The van der Waals surface area contributed by atoms with E-state index in [2.05, 4.69) is 19.9 Å². The molecular weight excluding hydrogens is 389 g/mol. The fourth-order valence-electron chi connectivity index (χ4n) is 4.23. The molecule has 0 unspecified atom stereocenters. The van der Waals surface area contributed by atoms with Crippen LogP contribution in [0.25, 0.3) is 0 Å². The molecule has 28 heavy (non-hydrogen) atoms. The van der Waals surface area contributed by atoms with Crippen molar-refractivity contribution in [2.75, 3.05) is 18.0 Å². The number of halogens is 3. The molecule has 2 aromatic heterocycles. The van der Waals surface area contributed by atoms with E-state index >= 15 is 0 Å². The quantitative estimate of drug-likeness (QED) is 0.808. The van der Waals surface area contributed by atoms with Crippen molar-refractivity contribution < 1.29 is 13.2 Å². The summed E-state index contributed by atoms with van der Waals surface area (Å²) in [6.07, 6.45) is 5.23. The highest BCUT2D eigenvalue weighted by Gasteiger charge is 2.38. The van der Waals surface area contributed by atoms with Gasteiger partial charge < -0.3 is 4.90 Å². The van der Waals surface area contributed by atoms with Crippen LogP contribution in [0.3, 0.4) is 0 Å². The molecule has 1 aliphatic carbocycles. The van der Waals surface area contributed by atoms with Gasteiger partial charge >= 0.3 is 6.18 Å². The number of aromatic nitrogens is 3. The normalized spacial score (nSPS) is 19.3. The minimum Gasteiger partial charge on any atom is -0.342 e. The topological polar surface area (TPSA) is 61.9 Å². The first kappa shape index (κ1) is 19.3. The number of hydrogen-bond acceptors (Lipinski definition) is 5. The van der Waals surface area contributed by atoms with Crippen molar-refractivity contribution in [3.05, 3.63) is 40.6 Å². The maximum absolute atomic E-state index is 13.1. The van der Waals surface area contributed by atoms with Crippen molar-refractivity contribution in [3.8, 4) is 0 Å². The summed E-state index contributed by atoms with van der Waals surface area (Å²) in [7, 11) is 0. The second kappa shape index (κ2) is 7.42. The highest BCUT2D eigenvalue weighted by Crippen LogP contribution is 2.46. The Morgan fingerprint density at radius 1 is 1.07 bits per heavy atom. The standard InChI is InChI=1S/C19H21F3N4OS/c20-19(21,22)15-13(4-3-9-23-15)28-14-12-24-17(25-16(14)27)26-10-7-18(8-11-26)5-1-2-6-18/h3-4,9,12H,1-2,5-8,10-11H2,(H,24,25,27). The molecule has 2 aromatic rings. The number of alkyl halides is 3. The van der Waals surface area contributed by atoms with Crippen molar-refractivity contribution in [1.82, 2.24) is 15.0 Å². The summed E-state index contributed by atoms with van der Waals surface area (Å²) in [4.78, 5) is 25.0. The lowest BCUT2D eigenvalue weighted by Gasteiger charge is -2.39. The predicted molar refractivity (Wildman–Crippen MR) is 101 cm³/mol. The number of nitrogens with one attached hydrogen (secondary N) is 1. The zero-order valence-corrected chi connectivity index (χ0v) is 16.1. The number of rotatable bonds is 3. The number of nitrogens with zero attached hydrogens (tertiary/aromatic N) is 3. The Balaban J connectivity index is 1.50. The molecule has 9 heteroatoms. The van der Waals surface area contributed by atoms with Gasteiger partial charge in [0.1, 0.15) is 0 Å². The van der Waals surface area contributed by atoms with Gasteiger partial charge in [0.25, 0.3) is 5.56 Å². The number of anilines is 1. The van der Waals surface area contributed by atoms with E-state index in [9.17, 15) is 18.0 Å². The molecule has 0 aromatic carbocycles. The van der Waals surface area contributed by atoms with Gasteiger partial charge in [-0.15, -0.1) is 0 Å². The molecule has 2 aliphatic rings. The maximum atomic E-state index is 13.1. The Kier molecular flexibility index (Phi) is 5.11. The van der Waals surface area contributed by atoms with Crippen molar-refractivity contribution >= 4 is 17.7 Å². The first-order valence-electron chi connectivity index (χ1n) is 9.41. The number of pyridine rings is 1. The average molecular weight is 410 g/mol. The van der Waals surface area contributed by atoms with Gasteiger partial charge in [0.05, 0.1) is 11.1 Å². The molecule has 1 saturated heterocycles. The van der Waals surface area contributed by atoms with Gasteiger partial charge in [-0.2, -0.15) is 13.2 Å². The summed E-state index contributed by atoms with van der Waals surface area (Å²) in [6, 6.07) is 2.72. The Hall–Kier alpha value is -2.03. The summed E-state index contributed by atoms with van der Waals surface area (Å²) in [5.41, 5.74) is -0.976.